The fourth-order valence-corrected chi connectivity index (χ4v) is 3.29. The second-order valence-corrected chi connectivity index (χ2v) is 7.80. The van der Waals surface area contributed by atoms with Crippen LogP contribution in [0.5, 0.6) is 0 Å². The van der Waals surface area contributed by atoms with Gasteiger partial charge < -0.3 is 5.32 Å². The Labute approximate surface area is 107 Å². The van der Waals surface area contributed by atoms with Gasteiger partial charge in [0.2, 0.25) is 0 Å². The third kappa shape index (κ3) is 4.37. The Hall–Kier alpha value is -0.460. The van der Waals surface area contributed by atoms with Crippen molar-refractivity contribution in [2.75, 3.05) is 18.1 Å². The van der Waals surface area contributed by atoms with Gasteiger partial charge in [0, 0.05) is 23.2 Å². The summed E-state index contributed by atoms with van der Waals surface area (Å²) in [5.41, 5.74) is 1.03. The van der Waals surface area contributed by atoms with Crippen LogP contribution in [0.4, 0.5) is 0 Å². The van der Waals surface area contributed by atoms with Gasteiger partial charge in [0.25, 0.3) is 0 Å². The van der Waals surface area contributed by atoms with E-state index in [1.807, 2.05) is 20.8 Å². The summed E-state index contributed by atoms with van der Waals surface area (Å²) in [5, 5.41) is 4.28. The van der Waals surface area contributed by atoms with Gasteiger partial charge in [0.05, 0.1) is 16.5 Å². The molecule has 1 N–H and O–H groups in total. The van der Waals surface area contributed by atoms with Crippen LogP contribution in [0.2, 0.25) is 0 Å². The first-order valence-electron chi connectivity index (χ1n) is 5.73. The summed E-state index contributed by atoms with van der Waals surface area (Å²) in [4.78, 5) is 5.56. The highest BCUT2D eigenvalue weighted by atomic mass is 32.2. The van der Waals surface area contributed by atoms with Crippen LogP contribution in [-0.4, -0.2) is 31.5 Å². The molecule has 1 atom stereocenters. The molecule has 1 heterocycles. The van der Waals surface area contributed by atoms with Gasteiger partial charge in [0.15, 0.2) is 9.84 Å². The van der Waals surface area contributed by atoms with Crippen molar-refractivity contribution >= 4 is 21.2 Å². The molecule has 0 aromatic carbocycles. The number of aromatic nitrogens is 1. The third-order valence-corrected chi connectivity index (χ3v) is 5.60. The standard InChI is InChI=1S/C11H20N2O2S2/c1-5-17(14,15)7-6-12-8(2)11-9(3)13-10(4)16-11/h8,12H,5-7H2,1-4H3. The first-order chi connectivity index (χ1) is 7.85. The lowest BCUT2D eigenvalue weighted by atomic mass is 10.2. The molecule has 98 valence electrons. The number of nitrogens with one attached hydrogen (secondary N) is 1. The molecule has 0 spiro atoms. The van der Waals surface area contributed by atoms with Gasteiger partial charge >= 0.3 is 0 Å². The first kappa shape index (κ1) is 14.6. The van der Waals surface area contributed by atoms with E-state index in [0.717, 1.165) is 10.7 Å². The molecule has 0 radical (unpaired) electrons. The van der Waals surface area contributed by atoms with E-state index in [1.165, 1.54) is 4.88 Å². The van der Waals surface area contributed by atoms with Crippen LogP contribution in [0.1, 0.15) is 35.5 Å². The average Bonchev–Trinajstić information content (AvgIpc) is 2.57. The molecule has 17 heavy (non-hydrogen) atoms. The van der Waals surface area contributed by atoms with E-state index in [4.69, 9.17) is 0 Å². The zero-order chi connectivity index (χ0) is 13.1. The van der Waals surface area contributed by atoms with E-state index in [0.29, 0.717) is 6.54 Å². The Kier molecular flexibility index (Phi) is 5.09. The number of hydrogen-bond donors (Lipinski definition) is 1. The molecular weight excluding hydrogens is 256 g/mol. The number of thiazole rings is 1. The Bertz CT molecular complexity index is 466. The highest BCUT2D eigenvalue weighted by Crippen LogP contribution is 2.24. The van der Waals surface area contributed by atoms with Gasteiger partial charge in [-0.3, -0.25) is 0 Å². The van der Waals surface area contributed by atoms with Crippen molar-refractivity contribution in [2.45, 2.75) is 33.7 Å². The van der Waals surface area contributed by atoms with E-state index in [9.17, 15) is 8.42 Å². The molecule has 0 amide bonds. The predicted molar refractivity (Wildman–Crippen MR) is 72.3 cm³/mol. The van der Waals surface area contributed by atoms with Crippen molar-refractivity contribution in [1.82, 2.24) is 10.3 Å². The number of nitrogens with zero attached hydrogens (tertiary/aromatic N) is 1. The SMILES string of the molecule is CCS(=O)(=O)CCNC(C)c1sc(C)nc1C. The van der Waals surface area contributed by atoms with Crippen LogP contribution in [0.3, 0.4) is 0 Å². The van der Waals surface area contributed by atoms with Gasteiger partial charge in [-0.2, -0.15) is 0 Å². The van der Waals surface area contributed by atoms with Gasteiger partial charge in [-0.25, -0.2) is 13.4 Å². The Morgan fingerprint density at radius 2 is 2.06 bits per heavy atom. The first-order valence-corrected chi connectivity index (χ1v) is 8.37. The lowest BCUT2D eigenvalue weighted by Crippen LogP contribution is -2.26. The minimum Gasteiger partial charge on any atom is -0.308 e. The van der Waals surface area contributed by atoms with Crippen molar-refractivity contribution in [3.8, 4) is 0 Å². The molecular formula is C11H20N2O2S2. The fraction of sp³-hybridized carbons (Fsp3) is 0.727. The van der Waals surface area contributed by atoms with Crippen LogP contribution in [-0.2, 0) is 9.84 Å². The average molecular weight is 276 g/mol. The minimum absolute atomic E-state index is 0.160. The Morgan fingerprint density at radius 1 is 1.41 bits per heavy atom. The summed E-state index contributed by atoms with van der Waals surface area (Å²) >= 11 is 1.66. The number of sulfone groups is 1. The van der Waals surface area contributed by atoms with E-state index in [1.54, 1.807) is 18.3 Å². The van der Waals surface area contributed by atoms with Gasteiger partial charge in [-0.05, 0) is 20.8 Å². The highest BCUT2D eigenvalue weighted by Gasteiger charge is 2.13. The molecule has 1 unspecified atom stereocenters. The molecule has 4 nitrogen and oxygen atoms in total. The smallest absolute Gasteiger partial charge is 0.151 e. The largest absolute Gasteiger partial charge is 0.308 e. The van der Waals surface area contributed by atoms with Crippen molar-refractivity contribution in [3.63, 3.8) is 0 Å². The molecule has 0 aliphatic heterocycles. The zero-order valence-electron chi connectivity index (χ0n) is 10.8. The van der Waals surface area contributed by atoms with E-state index >= 15 is 0 Å². The number of aryl methyl sites for hydroxylation is 2. The molecule has 1 aromatic rings. The van der Waals surface area contributed by atoms with Gasteiger partial charge in [0.1, 0.15) is 0 Å². The van der Waals surface area contributed by atoms with E-state index in [-0.39, 0.29) is 17.5 Å². The molecule has 1 aromatic heterocycles. The second-order valence-electron chi connectivity index (χ2n) is 4.09. The summed E-state index contributed by atoms with van der Waals surface area (Å²) in [6.07, 6.45) is 0. The van der Waals surface area contributed by atoms with Crippen LogP contribution < -0.4 is 5.32 Å². The Morgan fingerprint density at radius 3 is 2.53 bits per heavy atom. The van der Waals surface area contributed by atoms with Crippen LogP contribution >= 0.6 is 11.3 Å². The predicted octanol–water partition coefficient (Wildman–Crippen LogP) is 1.85. The van der Waals surface area contributed by atoms with E-state index < -0.39 is 9.84 Å². The molecule has 0 aliphatic carbocycles. The second kappa shape index (κ2) is 5.93. The molecule has 0 bridgehead atoms. The van der Waals surface area contributed by atoms with Crippen molar-refractivity contribution in [1.29, 1.82) is 0 Å². The zero-order valence-corrected chi connectivity index (χ0v) is 12.4. The van der Waals surface area contributed by atoms with Crippen molar-refractivity contribution < 1.29 is 8.42 Å². The fourth-order valence-electron chi connectivity index (χ4n) is 1.62. The van der Waals surface area contributed by atoms with Crippen molar-refractivity contribution in [3.05, 3.63) is 15.6 Å². The number of rotatable bonds is 6. The molecule has 6 heteroatoms. The lowest BCUT2D eigenvalue weighted by Gasteiger charge is -2.12. The third-order valence-electron chi connectivity index (χ3n) is 2.64. The molecule has 0 aliphatic rings. The molecule has 0 saturated heterocycles. The maximum absolute atomic E-state index is 11.3. The summed E-state index contributed by atoms with van der Waals surface area (Å²) in [5.74, 6) is 0.409. The monoisotopic (exact) mass is 276 g/mol. The van der Waals surface area contributed by atoms with Crippen molar-refractivity contribution in [2.24, 2.45) is 0 Å². The summed E-state index contributed by atoms with van der Waals surface area (Å²) < 4.78 is 22.7. The maximum Gasteiger partial charge on any atom is 0.151 e. The molecule has 0 saturated carbocycles. The van der Waals surface area contributed by atoms with Crippen LogP contribution in [0.25, 0.3) is 0 Å². The van der Waals surface area contributed by atoms with E-state index in [2.05, 4.69) is 10.3 Å². The number of hydrogen-bond acceptors (Lipinski definition) is 5. The van der Waals surface area contributed by atoms with Gasteiger partial charge in [-0.15, -0.1) is 11.3 Å². The summed E-state index contributed by atoms with van der Waals surface area (Å²) in [6, 6.07) is 0.160. The lowest BCUT2D eigenvalue weighted by molar-refractivity contribution is 0.575. The normalized spacial score (nSPS) is 13.9. The van der Waals surface area contributed by atoms with Crippen LogP contribution in [0.15, 0.2) is 0 Å². The molecule has 0 fully saturated rings. The summed E-state index contributed by atoms with van der Waals surface area (Å²) in [6.45, 7) is 8.18. The van der Waals surface area contributed by atoms with Gasteiger partial charge in [-0.1, -0.05) is 6.92 Å². The topological polar surface area (TPSA) is 59.1 Å². The van der Waals surface area contributed by atoms with Crippen LogP contribution in [0, 0.1) is 13.8 Å². The summed E-state index contributed by atoms with van der Waals surface area (Å²) in [7, 11) is -2.88. The Balaban J connectivity index is 2.51. The maximum atomic E-state index is 11.3. The highest BCUT2D eigenvalue weighted by molar-refractivity contribution is 7.91. The minimum atomic E-state index is -2.88. The molecule has 1 rings (SSSR count). The quantitative estimate of drug-likeness (QED) is 0.861.